The summed E-state index contributed by atoms with van der Waals surface area (Å²) in [5, 5.41) is 4.07. The fourth-order valence-electron chi connectivity index (χ4n) is 4.24. The maximum Gasteiger partial charge on any atom is 0.407 e. The summed E-state index contributed by atoms with van der Waals surface area (Å²) in [6.07, 6.45) is 4.52. The molecule has 0 bridgehead atoms. The van der Waals surface area contributed by atoms with Crippen molar-refractivity contribution in [1.82, 2.24) is 20.0 Å². The number of carbonyl (C=O) groups excluding carboxylic acids is 1. The van der Waals surface area contributed by atoms with Gasteiger partial charge in [0.1, 0.15) is 18.0 Å². The first kappa shape index (κ1) is 25.5. The molecule has 7 nitrogen and oxygen atoms in total. The first-order chi connectivity index (χ1) is 16.2. The number of furan rings is 1. The van der Waals surface area contributed by atoms with Gasteiger partial charge < -0.3 is 19.4 Å². The molecule has 3 rings (SSSR count). The van der Waals surface area contributed by atoms with Gasteiger partial charge in [-0.05, 0) is 38.1 Å². The molecule has 0 spiro atoms. The van der Waals surface area contributed by atoms with Crippen LogP contribution in [0.2, 0.25) is 0 Å². The van der Waals surface area contributed by atoms with Crippen molar-refractivity contribution < 1.29 is 13.9 Å². The van der Waals surface area contributed by atoms with Gasteiger partial charge in [-0.25, -0.2) is 4.79 Å². The van der Waals surface area contributed by atoms with E-state index in [4.69, 9.17) is 9.15 Å². The third-order valence-corrected chi connectivity index (χ3v) is 6.31. The normalized spacial score (nSPS) is 15.4. The number of piperazine rings is 1. The van der Waals surface area contributed by atoms with Gasteiger partial charge in [0.25, 0.3) is 0 Å². The van der Waals surface area contributed by atoms with Crippen LogP contribution in [0, 0.1) is 0 Å². The number of amides is 1. The molecular formula is C26H42N4O3. The topological polar surface area (TPSA) is 61.2 Å². The molecule has 7 heteroatoms. The molecule has 1 saturated heterocycles. The Bertz CT molecular complexity index is 776. The molecule has 1 aliphatic rings. The summed E-state index contributed by atoms with van der Waals surface area (Å²) in [6, 6.07) is 10.3. The van der Waals surface area contributed by atoms with Crippen LogP contribution in [0.15, 0.2) is 34.7 Å². The van der Waals surface area contributed by atoms with Crippen LogP contribution in [0.4, 0.5) is 4.79 Å². The van der Waals surface area contributed by atoms with E-state index in [-0.39, 0.29) is 6.09 Å². The number of unbranched alkanes of at least 4 members (excludes halogenated alkanes) is 2. The molecular weight excluding hydrogens is 416 g/mol. The highest BCUT2D eigenvalue weighted by molar-refractivity contribution is 5.77. The van der Waals surface area contributed by atoms with Crippen LogP contribution in [-0.4, -0.2) is 86.3 Å². The van der Waals surface area contributed by atoms with Crippen molar-refractivity contribution in [1.29, 1.82) is 0 Å². The van der Waals surface area contributed by atoms with Gasteiger partial charge in [-0.2, -0.15) is 0 Å². The highest BCUT2D eigenvalue weighted by Crippen LogP contribution is 2.20. The Balaban J connectivity index is 1.25. The standard InChI is InChI=1S/C26H42N4O3/c1-3-5-12-28(13-6-4-2)14-11-27-26(31)32-20-19-29-15-17-30(18-16-29)22-24-21-23-9-7-8-10-25(23)33-24/h7-10,21H,3-6,11-20,22H2,1-2H3,(H,27,31). The Morgan fingerprint density at radius 2 is 1.73 bits per heavy atom. The summed E-state index contributed by atoms with van der Waals surface area (Å²) in [6.45, 7) is 14.2. The van der Waals surface area contributed by atoms with Crippen LogP contribution in [0.25, 0.3) is 11.0 Å². The molecule has 1 aromatic heterocycles. The summed E-state index contributed by atoms with van der Waals surface area (Å²) >= 11 is 0. The van der Waals surface area contributed by atoms with Gasteiger partial charge in [0.15, 0.2) is 0 Å². The molecule has 0 aliphatic carbocycles. The summed E-state index contributed by atoms with van der Waals surface area (Å²) < 4.78 is 11.4. The maximum absolute atomic E-state index is 12.0. The number of alkyl carbamates (subject to hydrolysis) is 1. The molecule has 0 atom stereocenters. The lowest BCUT2D eigenvalue weighted by atomic mass is 10.2. The Morgan fingerprint density at radius 3 is 2.42 bits per heavy atom. The minimum atomic E-state index is -0.301. The van der Waals surface area contributed by atoms with Crippen LogP contribution < -0.4 is 5.32 Å². The first-order valence-corrected chi connectivity index (χ1v) is 12.7. The minimum absolute atomic E-state index is 0.301. The van der Waals surface area contributed by atoms with Gasteiger partial charge in [-0.3, -0.25) is 9.80 Å². The number of nitrogens with zero attached hydrogens (tertiary/aromatic N) is 3. The molecule has 2 heterocycles. The lowest BCUT2D eigenvalue weighted by molar-refractivity contribution is 0.0897. The number of carbonyl (C=O) groups is 1. The van der Waals surface area contributed by atoms with Crippen LogP contribution in [0.5, 0.6) is 0 Å². The van der Waals surface area contributed by atoms with Crippen molar-refractivity contribution in [3.05, 3.63) is 36.1 Å². The zero-order valence-electron chi connectivity index (χ0n) is 20.6. The van der Waals surface area contributed by atoms with E-state index in [2.05, 4.69) is 46.0 Å². The molecule has 1 N–H and O–H groups in total. The quantitative estimate of drug-likeness (QED) is 0.458. The monoisotopic (exact) mass is 458 g/mol. The predicted octanol–water partition coefficient (Wildman–Crippen LogP) is 4.18. The first-order valence-electron chi connectivity index (χ1n) is 12.7. The number of benzene rings is 1. The van der Waals surface area contributed by atoms with Gasteiger partial charge in [0.2, 0.25) is 0 Å². The van der Waals surface area contributed by atoms with E-state index in [0.29, 0.717) is 13.2 Å². The van der Waals surface area contributed by atoms with Gasteiger partial charge in [0, 0.05) is 51.2 Å². The Hall–Kier alpha value is -2.09. The largest absolute Gasteiger partial charge is 0.460 e. The highest BCUT2D eigenvalue weighted by Gasteiger charge is 2.18. The van der Waals surface area contributed by atoms with Crippen LogP contribution in [0.1, 0.15) is 45.3 Å². The van der Waals surface area contributed by atoms with Crippen LogP contribution >= 0.6 is 0 Å². The molecule has 184 valence electrons. The lowest BCUT2D eigenvalue weighted by Crippen LogP contribution is -2.47. The number of fused-ring (bicyclic) bond motifs is 1. The van der Waals surface area contributed by atoms with E-state index >= 15 is 0 Å². The Morgan fingerprint density at radius 1 is 1.03 bits per heavy atom. The number of nitrogens with one attached hydrogen (secondary N) is 1. The molecule has 0 saturated carbocycles. The van der Waals surface area contributed by atoms with Crippen LogP contribution in [0.3, 0.4) is 0 Å². The zero-order chi connectivity index (χ0) is 23.3. The second kappa shape index (κ2) is 14.2. The van der Waals surface area contributed by atoms with Crippen molar-refractivity contribution in [2.24, 2.45) is 0 Å². The van der Waals surface area contributed by atoms with Crippen molar-refractivity contribution in [2.45, 2.75) is 46.1 Å². The van der Waals surface area contributed by atoms with E-state index in [1.54, 1.807) is 0 Å². The number of hydrogen-bond donors (Lipinski definition) is 1. The number of ether oxygens (including phenoxy) is 1. The summed E-state index contributed by atoms with van der Waals surface area (Å²) in [7, 11) is 0. The third-order valence-electron chi connectivity index (χ3n) is 6.31. The van der Waals surface area contributed by atoms with E-state index in [0.717, 1.165) is 75.6 Å². The highest BCUT2D eigenvalue weighted by atomic mass is 16.5. The molecule has 0 radical (unpaired) electrons. The molecule has 0 unspecified atom stereocenters. The number of rotatable bonds is 14. The van der Waals surface area contributed by atoms with Gasteiger partial charge >= 0.3 is 6.09 Å². The molecule has 1 amide bonds. The summed E-state index contributed by atoms with van der Waals surface area (Å²) in [5.41, 5.74) is 0.955. The van der Waals surface area contributed by atoms with Gasteiger partial charge in [-0.1, -0.05) is 44.9 Å². The Labute approximate surface area is 199 Å². The molecule has 1 aromatic carbocycles. The van der Waals surface area contributed by atoms with Gasteiger partial charge in [0.05, 0.1) is 6.54 Å². The molecule has 1 aliphatic heterocycles. The van der Waals surface area contributed by atoms with Gasteiger partial charge in [-0.15, -0.1) is 0 Å². The van der Waals surface area contributed by atoms with E-state index in [9.17, 15) is 4.79 Å². The van der Waals surface area contributed by atoms with E-state index in [1.165, 1.54) is 25.7 Å². The van der Waals surface area contributed by atoms with Crippen molar-refractivity contribution >= 4 is 17.1 Å². The smallest absolute Gasteiger partial charge is 0.407 e. The maximum atomic E-state index is 12.0. The average Bonchev–Trinajstić information content (AvgIpc) is 3.24. The fourth-order valence-corrected chi connectivity index (χ4v) is 4.24. The summed E-state index contributed by atoms with van der Waals surface area (Å²) in [5.74, 6) is 1.02. The SMILES string of the molecule is CCCCN(CCCC)CCNC(=O)OCCN1CCN(Cc2cc3ccccc3o2)CC1. The second-order valence-electron chi connectivity index (χ2n) is 8.98. The molecule has 33 heavy (non-hydrogen) atoms. The van der Waals surface area contributed by atoms with Crippen molar-refractivity contribution in [3.8, 4) is 0 Å². The van der Waals surface area contributed by atoms with Crippen LogP contribution in [-0.2, 0) is 11.3 Å². The zero-order valence-corrected chi connectivity index (χ0v) is 20.6. The molecule has 2 aromatic rings. The molecule has 1 fully saturated rings. The second-order valence-corrected chi connectivity index (χ2v) is 8.98. The predicted molar refractivity (Wildman–Crippen MR) is 134 cm³/mol. The number of hydrogen-bond acceptors (Lipinski definition) is 6. The van der Waals surface area contributed by atoms with Crippen molar-refractivity contribution in [3.63, 3.8) is 0 Å². The Kier molecular flexibility index (Phi) is 11.0. The van der Waals surface area contributed by atoms with E-state index < -0.39 is 0 Å². The number of para-hydroxylation sites is 1. The van der Waals surface area contributed by atoms with E-state index in [1.807, 2.05) is 18.2 Å². The minimum Gasteiger partial charge on any atom is -0.460 e. The van der Waals surface area contributed by atoms with Crippen molar-refractivity contribution in [2.75, 3.05) is 65.5 Å². The fraction of sp³-hybridized carbons (Fsp3) is 0.654. The average molecular weight is 459 g/mol. The summed E-state index contributed by atoms with van der Waals surface area (Å²) in [4.78, 5) is 19.3. The third kappa shape index (κ3) is 8.99. The lowest BCUT2D eigenvalue weighted by Gasteiger charge is -2.34.